The van der Waals surface area contributed by atoms with Crippen LogP contribution in [0.15, 0.2) is 12.1 Å². The van der Waals surface area contributed by atoms with E-state index in [0.717, 1.165) is 19.3 Å². The van der Waals surface area contributed by atoms with Crippen LogP contribution in [0.2, 0.25) is 0 Å². The van der Waals surface area contributed by atoms with Crippen molar-refractivity contribution < 1.29 is 75.6 Å². The summed E-state index contributed by atoms with van der Waals surface area (Å²) in [6.45, 7) is 4.46. The molecular weight excluding hydrogens is 453 g/mol. The predicted molar refractivity (Wildman–Crippen MR) is 113 cm³/mol. The molecule has 1 aliphatic rings. The summed E-state index contributed by atoms with van der Waals surface area (Å²) in [4.78, 5) is 29.4. The average molecular weight is 484 g/mol. The fourth-order valence-corrected chi connectivity index (χ4v) is 3.85. The zero-order valence-corrected chi connectivity index (χ0v) is 23.2. The van der Waals surface area contributed by atoms with Crippen LogP contribution >= 0.6 is 0 Å². The number of nitrogens with zero attached hydrogens (tertiary/aromatic N) is 5. The number of hydrogen-bond acceptors (Lipinski definition) is 8. The molecule has 2 atom stereocenters. The number of rotatable bonds is 8. The van der Waals surface area contributed by atoms with Gasteiger partial charge in [0.05, 0.1) is 17.5 Å². The first-order valence-electron chi connectivity index (χ1n) is 10.9. The number of aromatic nitrogens is 4. The maximum Gasteiger partial charge on any atom is 1.00 e. The Kier molecular flexibility index (Phi) is 10.7. The molecule has 2 heterocycles. The molecule has 0 saturated heterocycles. The second kappa shape index (κ2) is 12.8. The van der Waals surface area contributed by atoms with Crippen molar-refractivity contribution in [1.82, 2.24) is 24.9 Å². The van der Waals surface area contributed by atoms with E-state index < -0.39 is 18.0 Å². The smallest absolute Gasteiger partial charge is 0.550 e. The molecule has 174 valence electrons. The van der Waals surface area contributed by atoms with E-state index in [2.05, 4.69) is 15.3 Å². The van der Waals surface area contributed by atoms with Gasteiger partial charge < -0.3 is 24.3 Å². The number of ether oxygens (including phenoxy) is 2. The van der Waals surface area contributed by atoms with Gasteiger partial charge in [-0.05, 0) is 51.2 Å². The Balaban J connectivity index is 0.00000385. The zero-order chi connectivity index (χ0) is 23.3. The van der Waals surface area contributed by atoms with Crippen LogP contribution in [0.5, 0.6) is 5.75 Å². The summed E-state index contributed by atoms with van der Waals surface area (Å²) in [5.41, 5.74) is 2.41. The first-order chi connectivity index (χ1) is 15.3. The Hall–Kier alpha value is -1.53. The third-order valence-electron chi connectivity index (χ3n) is 5.68. The Bertz CT molecular complexity index is 967. The fourth-order valence-electron chi connectivity index (χ4n) is 3.85. The van der Waals surface area contributed by atoms with Crippen LogP contribution < -0.4 is 61.2 Å². The van der Waals surface area contributed by atoms with Crippen LogP contribution in [0.3, 0.4) is 0 Å². The molecule has 0 radical (unpaired) electrons. The fraction of sp³-hybridized carbons (Fsp3) is 0.591. The van der Waals surface area contributed by atoms with E-state index in [1.807, 2.05) is 13.8 Å². The van der Waals surface area contributed by atoms with Gasteiger partial charge in [0, 0.05) is 32.5 Å². The van der Waals surface area contributed by atoms with Crippen molar-refractivity contribution in [2.45, 2.75) is 58.7 Å². The first-order valence-corrected chi connectivity index (χ1v) is 10.9. The summed E-state index contributed by atoms with van der Waals surface area (Å²) in [6, 6.07) is 3.58. The SMILES string of the molecule is CCCN(C)C(=O)OCc1c(-c2ccc(O[C@H]3CCC[C@H](C(=O)[O-])C3)c(C)n2)nnn1C.[K+]. The number of aliphatic carboxylic acids is 1. The van der Waals surface area contributed by atoms with Gasteiger partial charge in [-0.1, -0.05) is 12.1 Å². The second-order valence-corrected chi connectivity index (χ2v) is 8.19. The van der Waals surface area contributed by atoms with E-state index in [1.54, 1.807) is 30.9 Å². The molecule has 11 heteroatoms. The van der Waals surface area contributed by atoms with Gasteiger partial charge in [-0.25, -0.2) is 14.5 Å². The summed E-state index contributed by atoms with van der Waals surface area (Å²) in [5.74, 6) is -0.876. The van der Waals surface area contributed by atoms with E-state index in [9.17, 15) is 14.7 Å². The molecule has 0 N–H and O–H groups in total. The van der Waals surface area contributed by atoms with Crippen LogP contribution in [0.4, 0.5) is 4.79 Å². The maximum absolute atomic E-state index is 12.1. The minimum Gasteiger partial charge on any atom is -0.550 e. The van der Waals surface area contributed by atoms with Crippen LogP contribution in [-0.2, 0) is 23.2 Å². The molecular formula is C22H30KN5O5. The van der Waals surface area contributed by atoms with E-state index in [1.165, 1.54) is 4.90 Å². The quantitative estimate of drug-likeness (QED) is 0.432. The van der Waals surface area contributed by atoms with E-state index in [-0.39, 0.29) is 64.1 Å². The molecule has 2 aromatic rings. The van der Waals surface area contributed by atoms with E-state index >= 15 is 0 Å². The zero-order valence-electron chi connectivity index (χ0n) is 20.0. The van der Waals surface area contributed by atoms with Gasteiger partial charge in [0.1, 0.15) is 23.7 Å². The summed E-state index contributed by atoms with van der Waals surface area (Å²) >= 11 is 0. The van der Waals surface area contributed by atoms with Gasteiger partial charge in [-0.2, -0.15) is 0 Å². The molecule has 3 rings (SSSR count). The number of aryl methyl sites for hydroxylation is 2. The van der Waals surface area contributed by atoms with E-state index in [4.69, 9.17) is 9.47 Å². The third kappa shape index (κ3) is 7.22. The number of carbonyl (C=O) groups is 2. The minimum absolute atomic E-state index is 0. The van der Waals surface area contributed by atoms with Crippen LogP contribution in [0, 0.1) is 12.8 Å². The molecule has 1 saturated carbocycles. The maximum atomic E-state index is 12.1. The Morgan fingerprint density at radius 2 is 2.06 bits per heavy atom. The Morgan fingerprint density at radius 3 is 2.73 bits per heavy atom. The average Bonchev–Trinajstić information content (AvgIpc) is 3.14. The molecule has 0 bridgehead atoms. The van der Waals surface area contributed by atoms with Crippen molar-refractivity contribution >= 4 is 12.1 Å². The van der Waals surface area contributed by atoms with Gasteiger partial charge in [-0.3, -0.25) is 0 Å². The Labute approximate surface area is 236 Å². The van der Waals surface area contributed by atoms with Crippen LogP contribution in [0.1, 0.15) is 50.4 Å². The number of carboxylic acids is 1. The molecule has 1 amide bonds. The molecule has 1 aliphatic carbocycles. The molecule has 0 unspecified atom stereocenters. The van der Waals surface area contributed by atoms with Crippen molar-refractivity contribution in [3.63, 3.8) is 0 Å². The molecule has 0 spiro atoms. The monoisotopic (exact) mass is 483 g/mol. The van der Waals surface area contributed by atoms with E-state index in [0.29, 0.717) is 47.9 Å². The van der Waals surface area contributed by atoms with Gasteiger partial charge in [-0.15, -0.1) is 5.10 Å². The molecule has 0 aromatic carbocycles. The molecule has 33 heavy (non-hydrogen) atoms. The summed E-state index contributed by atoms with van der Waals surface area (Å²) in [6.07, 6.45) is 2.93. The van der Waals surface area contributed by atoms with Gasteiger partial charge in [0.2, 0.25) is 0 Å². The number of amides is 1. The number of carbonyl (C=O) groups excluding carboxylic acids is 2. The second-order valence-electron chi connectivity index (χ2n) is 8.19. The summed E-state index contributed by atoms with van der Waals surface area (Å²) in [5, 5.41) is 19.4. The normalized spacial score (nSPS) is 17.7. The molecule has 1 fully saturated rings. The van der Waals surface area contributed by atoms with Gasteiger partial charge in [0.15, 0.2) is 0 Å². The standard InChI is InChI=1S/C22H31N5O5.K/c1-5-11-26(3)22(30)31-13-18-20(24-25-27(18)4)17-9-10-19(14(2)23-17)32-16-8-6-7-15(12-16)21(28)29;/h9-10,15-16H,5-8,11-13H2,1-4H3,(H,28,29);/q;+1/p-1/t15-,16-;/m0./s1. The first kappa shape index (κ1) is 27.7. The van der Waals surface area contributed by atoms with Crippen molar-refractivity contribution in [3.8, 4) is 17.1 Å². The van der Waals surface area contributed by atoms with Crippen molar-refractivity contribution in [2.24, 2.45) is 13.0 Å². The predicted octanol–water partition coefficient (Wildman–Crippen LogP) is -1.14. The number of carboxylic acid groups (broad SMARTS) is 1. The van der Waals surface area contributed by atoms with Crippen LogP contribution in [-0.4, -0.2) is 56.6 Å². The molecule has 10 nitrogen and oxygen atoms in total. The van der Waals surface area contributed by atoms with Crippen molar-refractivity contribution in [2.75, 3.05) is 13.6 Å². The number of pyridine rings is 1. The topological polar surface area (TPSA) is 122 Å². The largest absolute Gasteiger partial charge is 1.00 e. The van der Waals surface area contributed by atoms with Crippen molar-refractivity contribution in [1.29, 1.82) is 0 Å². The van der Waals surface area contributed by atoms with Gasteiger partial charge >= 0.3 is 57.5 Å². The number of hydrogen-bond donors (Lipinski definition) is 0. The Morgan fingerprint density at radius 1 is 1.30 bits per heavy atom. The van der Waals surface area contributed by atoms with Gasteiger partial charge in [0.25, 0.3) is 0 Å². The molecule has 0 aliphatic heterocycles. The summed E-state index contributed by atoms with van der Waals surface area (Å²) in [7, 11) is 3.43. The van der Waals surface area contributed by atoms with Crippen LogP contribution in [0.25, 0.3) is 11.4 Å². The summed E-state index contributed by atoms with van der Waals surface area (Å²) < 4.78 is 13.0. The molecule has 2 aromatic heterocycles. The van der Waals surface area contributed by atoms with Crippen molar-refractivity contribution in [3.05, 3.63) is 23.5 Å². The minimum atomic E-state index is -1.01. The third-order valence-corrected chi connectivity index (χ3v) is 5.68.